The number of hydrogen-bond acceptors (Lipinski definition) is 4. The van der Waals surface area contributed by atoms with E-state index in [0.29, 0.717) is 26.1 Å². The molecule has 0 atom stereocenters. The molecular formula is C14H25NO5S. The summed E-state index contributed by atoms with van der Waals surface area (Å²) >= 11 is 0. The van der Waals surface area contributed by atoms with Crippen LogP contribution >= 0.6 is 0 Å². The van der Waals surface area contributed by atoms with Crippen LogP contribution in [0.4, 0.5) is 0 Å². The van der Waals surface area contributed by atoms with Gasteiger partial charge in [0.2, 0.25) is 10.0 Å². The molecule has 1 aliphatic heterocycles. The van der Waals surface area contributed by atoms with Crippen molar-refractivity contribution in [3.8, 4) is 0 Å². The smallest absolute Gasteiger partial charge is 0.303 e. The number of ether oxygens (including phenoxy) is 1. The first-order chi connectivity index (χ1) is 9.94. The minimum Gasteiger partial charge on any atom is -0.481 e. The summed E-state index contributed by atoms with van der Waals surface area (Å²) in [4.78, 5) is 11.1. The minimum absolute atomic E-state index is 0.0449. The lowest BCUT2D eigenvalue weighted by Gasteiger charge is -2.36. The lowest BCUT2D eigenvalue weighted by molar-refractivity contribution is -0.140. The minimum atomic E-state index is -3.38. The monoisotopic (exact) mass is 319 g/mol. The second-order valence-corrected chi connectivity index (χ2v) is 8.35. The van der Waals surface area contributed by atoms with Gasteiger partial charge in [-0.05, 0) is 31.1 Å². The summed E-state index contributed by atoms with van der Waals surface area (Å²) < 4.78 is 32.6. The molecule has 21 heavy (non-hydrogen) atoms. The number of rotatable bonds is 6. The van der Waals surface area contributed by atoms with Gasteiger partial charge in [0.05, 0.1) is 11.7 Å². The van der Waals surface area contributed by atoms with Crippen LogP contribution in [0, 0.1) is 5.41 Å². The number of nitrogens with one attached hydrogen (secondary N) is 1. The van der Waals surface area contributed by atoms with Crippen LogP contribution in [-0.2, 0) is 19.6 Å². The summed E-state index contributed by atoms with van der Waals surface area (Å²) in [5.74, 6) is -0.845. The largest absolute Gasteiger partial charge is 0.481 e. The molecule has 2 aliphatic rings. The number of sulfonamides is 1. The molecular weight excluding hydrogens is 294 g/mol. The fourth-order valence-corrected chi connectivity index (χ4v) is 4.95. The topological polar surface area (TPSA) is 92.7 Å². The third-order valence-electron chi connectivity index (χ3n) is 4.70. The zero-order valence-corrected chi connectivity index (χ0v) is 13.2. The van der Waals surface area contributed by atoms with E-state index >= 15 is 0 Å². The number of carbonyl (C=O) groups is 1. The molecule has 6 nitrogen and oxygen atoms in total. The number of hydrogen-bond donors (Lipinski definition) is 2. The summed E-state index contributed by atoms with van der Waals surface area (Å²) in [7, 11) is -3.38. The van der Waals surface area contributed by atoms with Gasteiger partial charge in [-0.3, -0.25) is 4.79 Å². The molecule has 2 N–H and O–H groups in total. The van der Waals surface area contributed by atoms with E-state index in [1.165, 1.54) is 0 Å². The number of carboxylic acid groups (broad SMARTS) is 1. The Bertz CT molecular complexity index is 450. The zero-order valence-electron chi connectivity index (χ0n) is 12.3. The van der Waals surface area contributed by atoms with E-state index in [2.05, 4.69) is 4.72 Å². The van der Waals surface area contributed by atoms with E-state index in [-0.39, 0.29) is 13.0 Å². The Kier molecular flexibility index (Phi) is 5.62. The molecule has 0 aromatic heterocycles. The first-order valence-corrected chi connectivity index (χ1v) is 9.26. The Morgan fingerprint density at radius 2 is 1.81 bits per heavy atom. The first-order valence-electron chi connectivity index (χ1n) is 7.72. The van der Waals surface area contributed by atoms with Crippen LogP contribution in [0.15, 0.2) is 0 Å². The van der Waals surface area contributed by atoms with E-state index < -0.39 is 26.7 Å². The lowest BCUT2D eigenvalue weighted by atomic mass is 9.72. The molecule has 0 amide bonds. The third kappa shape index (κ3) is 4.66. The van der Waals surface area contributed by atoms with Crippen LogP contribution in [0.25, 0.3) is 0 Å². The maximum Gasteiger partial charge on any atom is 0.303 e. The fraction of sp³-hybridized carbons (Fsp3) is 0.929. The summed E-state index contributed by atoms with van der Waals surface area (Å²) in [6.07, 6.45) is 5.71. The average molecular weight is 319 g/mol. The van der Waals surface area contributed by atoms with Crippen molar-refractivity contribution in [2.24, 2.45) is 5.41 Å². The van der Waals surface area contributed by atoms with Gasteiger partial charge in [0, 0.05) is 19.8 Å². The molecule has 0 aromatic rings. The molecule has 1 saturated carbocycles. The van der Waals surface area contributed by atoms with Crippen LogP contribution in [0.5, 0.6) is 0 Å². The normalized spacial score (nSPS) is 23.8. The van der Waals surface area contributed by atoms with Gasteiger partial charge in [0.25, 0.3) is 0 Å². The van der Waals surface area contributed by atoms with Crippen molar-refractivity contribution < 1.29 is 23.1 Å². The van der Waals surface area contributed by atoms with E-state index in [0.717, 1.165) is 32.1 Å². The first kappa shape index (κ1) is 16.7. The van der Waals surface area contributed by atoms with Gasteiger partial charge in [-0.2, -0.15) is 0 Å². The molecule has 0 aromatic carbocycles. The predicted octanol–water partition coefficient (Wildman–Crippen LogP) is 1.51. The molecule has 0 spiro atoms. The molecule has 7 heteroatoms. The van der Waals surface area contributed by atoms with Gasteiger partial charge < -0.3 is 9.84 Å². The Labute approximate surface area is 126 Å². The summed E-state index contributed by atoms with van der Waals surface area (Å²) in [6, 6.07) is 0. The van der Waals surface area contributed by atoms with Crippen LogP contribution in [0.1, 0.15) is 51.4 Å². The molecule has 1 saturated heterocycles. The summed E-state index contributed by atoms with van der Waals surface area (Å²) in [5, 5.41) is 8.71. The van der Waals surface area contributed by atoms with Crippen molar-refractivity contribution in [1.29, 1.82) is 0 Å². The molecule has 2 fully saturated rings. The Balaban J connectivity index is 1.98. The number of aliphatic carboxylic acids is 1. The van der Waals surface area contributed by atoms with Crippen LogP contribution in [-0.4, -0.2) is 44.5 Å². The van der Waals surface area contributed by atoms with Crippen LogP contribution in [0.3, 0.4) is 0 Å². The van der Waals surface area contributed by atoms with E-state index in [1.54, 1.807) is 0 Å². The highest BCUT2D eigenvalue weighted by atomic mass is 32.2. The standard InChI is InChI=1S/C14H25NO5S/c16-13(17)10-14(6-2-1-3-7-14)11-15-21(18,19)12-4-8-20-9-5-12/h12,15H,1-11H2,(H,16,17). The second kappa shape index (κ2) is 7.07. The van der Waals surface area contributed by atoms with Crippen molar-refractivity contribution in [3.63, 3.8) is 0 Å². The molecule has 1 heterocycles. The molecule has 0 unspecified atom stereocenters. The van der Waals surface area contributed by atoms with Gasteiger partial charge in [-0.15, -0.1) is 0 Å². The number of carboxylic acids is 1. The van der Waals surface area contributed by atoms with E-state index in [1.807, 2.05) is 0 Å². The fourth-order valence-electron chi connectivity index (χ4n) is 3.40. The van der Waals surface area contributed by atoms with Crippen molar-refractivity contribution in [2.75, 3.05) is 19.8 Å². The molecule has 1 aliphatic carbocycles. The molecule has 0 radical (unpaired) electrons. The Morgan fingerprint density at radius 1 is 1.19 bits per heavy atom. The van der Waals surface area contributed by atoms with Gasteiger partial charge in [0.15, 0.2) is 0 Å². The predicted molar refractivity (Wildman–Crippen MR) is 78.5 cm³/mol. The van der Waals surface area contributed by atoms with Crippen LogP contribution in [0.2, 0.25) is 0 Å². The molecule has 122 valence electrons. The van der Waals surface area contributed by atoms with Gasteiger partial charge in [0.1, 0.15) is 0 Å². The van der Waals surface area contributed by atoms with Crippen molar-refractivity contribution >= 4 is 16.0 Å². The van der Waals surface area contributed by atoms with Crippen LogP contribution < -0.4 is 4.72 Å². The highest BCUT2D eigenvalue weighted by Crippen LogP contribution is 2.39. The summed E-state index contributed by atoms with van der Waals surface area (Å²) in [5.41, 5.74) is -0.414. The van der Waals surface area contributed by atoms with Gasteiger partial charge >= 0.3 is 5.97 Å². The maximum absolute atomic E-state index is 12.3. The van der Waals surface area contributed by atoms with E-state index in [4.69, 9.17) is 9.84 Å². The highest BCUT2D eigenvalue weighted by Gasteiger charge is 2.37. The average Bonchev–Trinajstić information content (AvgIpc) is 2.47. The quantitative estimate of drug-likeness (QED) is 0.774. The van der Waals surface area contributed by atoms with Gasteiger partial charge in [-0.25, -0.2) is 13.1 Å². The second-order valence-electron chi connectivity index (χ2n) is 6.31. The third-order valence-corrected chi connectivity index (χ3v) is 6.59. The molecule has 0 bridgehead atoms. The summed E-state index contributed by atoms with van der Waals surface area (Å²) in [6.45, 7) is 1.21. The Hall–Kier alpha value is -0.660. The van der Waals surface area contributed by atoms with Gasteiger partial charge in [-0.1, -0.05) is 19.3 Å². The van der Waals surface area contributed by atoms with Crippen molar-refractivity contribution in [2.45, 2.75) is 56.6 Å². The maximum atomic E-state index is 12.3. The Morgan fingerprint density at radius 3 is 2.38 bits per heavy atom. The zero-order chi connectivity index (χ0) is 15.3. The molecule has 2 rings (SSSR count). The van der Waals surface area contributed by atoms with Crippen molar-refractivity contribution in [1.82, 2.24) is 4.72 Å². The lowest BCUT2D eigenvalue weighted by Crippen LogP contribution is -2.45. The van der Waals surface area contributed by atoms with Crippen molar-refractivity contribution in [3.05, 3.63) is 0 Å². The van der Waals surface area contributed by atoms with E-state index in [9.17, 15) is 13.2 Å². The SMILES string of the molecule is O=C(O)CC1(CNS(=O)(=O)C2CCOCC2)CCCCC1. The highest BCUT2D eigenvalue weighted by molar-refractivity contribution is 7.90.